The van der Waals surface area contributed by atoms with E-state index in [4.69, 9.17) is 0 Å². The van der Waals surface area contributed by atoms with Crippen LogP contribution in [0.4, 0.5) is 24.7 Å². The predicted octanol–water partition coefficient (Wildman–Crippen LogP) is 5.19. The fraction of sp³-hybridized carbons (Fsp3) is 0.400. The molecule has 1 amide bonds. The minimum absolute atomic E-state index is 0.00952. The van der Waals surface area contributed by atoms with Crippen LogP contribution in [0.25, 0.3) is 10.9 Å². The third-order valence-electron chi connectivity index (χ3n) is 6.44. The van der Waals surface area contributed by atoms with Crippen molar-refractivity contribution in [1.29, 1.82) is 0 Å². The Labute approximate surface area is 195 Å². The molecule has 1 aliphatic rings. The van der Waals surface area contributed by atoms with E-state index >= 15 is 4.39 Å². The fourth-order valence-corrected chi connectivity index (χ4v) is 4.33. The SMILES string of the molecule is Cc1nc(N[C@H](C)c2cccc(C(F)(F)C(C)(C)O)c2F)c2cc3c(cc2n1)N(C)C(=O)C3C. The van der Waals surface area contributed by atoms with E-state index in [9.17, 15) is 18.7 Å². The maximum Gasteiger partial charge on any atom is 0.303 e. The van der Waals surface area contributed by atoms with E-state index in [0.717, 1.165) is 31.2 Å². The molecule has 6 nitrogen and oxygen atoms in total. The quantitative estimate of drug-likeness (QED) is 0.534. The molecule has 1 unspecified atom stereocenters. The van der Waals surface area contributed by atoms with Gasteiger partial charge in [-0.25, -0.2) is 14.4 Å². The van der Waals surface area contributed by atoms with Gasteiger partial charge in [0.15, 0.2) is 0 Å². The Morgan fingerprint density at radius 1 is 1.21 bits per heavy atom. The summed E-state index contributed by atoms with van der Waals surface area (Å²) in [6.07, 6.45) is 0. The summed E-state index contributed by atoms with van der Waals surface area (Å²) in [5, 5.41) is 13.7. The van der Waals surface area contributed by atoms with Crippen molar-refractivity contribution < 1.29 is 23.1 Å². The van der Waals surface area contributed by atoms with Gasteiger partial charge in [0.05, 0.1) is 23.0 Å². The highest BCUT2D eigenvalue weighted by atomic mass is 19.3. The largest absolute Gasteiger partial charge is 0.384 e. The van der Waals surface area contributed by atoms with Gasteiger partial charge < -0.3 is 15.3 Å². The topological polar surface area (TPSA) is 78.4 Å². The van der Waals surface area contributed by atoms with Crippen molar-refractivity contribution in [2.45, 2.75) is 58.1 Å². The van der Waals surface area contributed by atoms with Crippen molar-refractivity contribution in [2.24, 2.45) is 0 Å². The molecule has 0 saturated carbocycles. The van der Waals surface area contributed by atoms with E-state index in [-0.39, 0.29) is 17.4 Å². The van der Waals surface area contributed by atoms with E-state index < -0.39 is 28.9 Å². The van der Waals surface area contributed by atoms with Crippen LogP contribution in [-0.2, 0) is 10.7 Å². The molecule has 0 bridgehead atoms. The number of fused-ring (bicyclic) bond motifs is 2. The summed E-state index contributed by atoms with van der Waals surface area (Å²) in [7, 11) is 1.71. The Hall–Kier alpha value is -3.20. The Balaban J connectivity index is 1.77. The number of carbonyl (C=O) groups excluding carboxylic acids is 1. The summed E-state index contributed by atoms with van der Waals surface area (Å²) in [4.78, 5) is 23.0. The van der Waals surface area contributed by atoms with E-state index in [0.29, 0.717) is 22.5 Å². The number of benzene rings is 2. The average Bonchev–Trinajstić information content (AvgIpc) is 2.95. The zero-order valence-corrected chi connectivity index (χ0v) is 19.9. The maximum atomic E-state index is 15.3. The fourth-order valence-electron chi connectivity index (χ4n) is 4.33. The highest BCUT2D eigenvalue weighted by Gasteiger charge is 2.49. The van der Waals surface area contributed by atoms with Crippen LogP contribution in [-0.4, -0.2) is 33.6 Å². The van der Waals surface area contributed by atoms with E-state index in [1.165, 1.54) is 12.1 Å². The number of anilines is 2. The van der Waals surface area contributed by atoms with Gasteiger partial charge in [0, 0.05) is 23.7 Å². The highest BCUT2D eigenvalue weighted by Crippen LogP contribution is 2.42. The minimum Gasteiger partial charge on any atom is -0.384 e. The van der Waals surface area contributed by atoms with Gasteiger partial charge >= 0.3 is 5.92 Å². The lowest BCUT2D eigenvalue weighted by Gasteiger charge is -2.30. The molecule has 0 radical (unpaired) electrons. The van der Waals surface area contributed by atoms with Crippen molar-refractivity contribution >= 4 is 28.3 Å². The molecular formula is C25H27F3N4O2. The number of nitrogens with one attached hydrogen (secondary N) is 1. The molecule has 0 saturated heterocycles. The summed E-state index contributed by atoms with van der Waals surface area (Å²) >= 11 is 0. The average molecular weight is 473 g/mol. The lowest BCUT2D eigenvalue weighted by atomic mass is 9.91. The molecule has 3 aromatic rings. The molecule has 0 aliphatic carbocycles. The number of aryl methyl sites for hydroxylation is 1. The van der Waals surface area contributed by atoms with Crippen LogP contribution in [0.1, 0.15) is 62.2 Å². The molecule has 1 aliphatic heterocycles. The minimum atomic E-state index is -3.79. The second-order valence-corrected chi connectivity index (χ2v) is 9.37. The Morgan fingerprint density at radius 2 is 1.88 bits per heavy atom. The molecule has 9 heteroatoms. The van der Waals surface area contributed by atoms with Gasteiger partial charge in [0.2, 0.25) is 5.91 Å². The lowest BCUT2D eigenvalue weighted by Crippen LogP contribution is -2.41. The van der Waals surface area contributed by atoms with E-state index in [1.54, 1.807) is 25.8 Å². The monoisotopic (exact) mass is 472 g/mol. The number of aromatic nitrogens is 2. The van der Waals surface area contributed by atoms with Crippen LogP contribution in [0.15, 0.2) is 30.3 Å². The number of rotatable bonds is 5. The molecule has 0 spiro atoms. The third-order valence-corrected chi connectivity index (χ3v) is 6.44. The van der Waals surface area contributed by atoms with Gasteiger partial charge in [-0.1, -0.05) is 12.1 Å². The number of likely N-dealkylation sites (N-methyl/N-ethyl adjacent to an activating group) is 1. The third kappa shape index (κ3) is 3.68. The van der Waals surface area contributed by atoms with Crippen molar-refractivity contribution in [1.82, 2.24) is 9.97 Å². The highest BCUT2D eigenvalue weighted by molar-refractivity contribution is 6.07. The van der Waals surface area contributed by atoms with E-state index in [1.807, 2.05) is 19.1 Å². The van der Waals surface area contributed by atoms with Crippen LogP contribution < -0.4 is 10.2 Å². The zero-order valence-electron chi connectivity index (χ0n) is 19.9. The van der Waals surface area contributed by atoms with Crippen molar-refractivity contribution in [3.05, 3.63) is 58.7 Å². The van der Waals surface area contributed by atoms with Gasteiger partial charge in [-0.3, -0.25) is 4.79 Å². The van der Waals surface area contributed by atoms with Gasteiger partial charge in [0.1, 0.15) is 23.1 Å². The molecule has 34 heavy (non-hydrogen) atoms. The molecular weight excluding hydrogens is 445 g/mol. The molecule has 0 fully saturated rings. The Bertz CT molecular complexity index is 1300. The second kappa shape index (κ2) is 7.94. The van der Waals surface area contributed by atoms with Crippen molar-refractivity contribution in [3.8, 4) is 0 Å². The smallest absolute Gasteiger partial charge is 0.303 e. The summed E-state index contributed by atoms with van der Waals surface area (Å²) < 4.78 is 44.7. The van der Waals surface area contributed by atoms with Crippen LogP contribution in [0.3, 0.4) is 0 Å². The number of hydrogen-bond acceptors (Lipinski definition) is 5. The Kier molecular flexibility index (Phi) is 5.59. The molecule has 2 N–H and O–H groups in total. The van der Waals surface area contributed by atoms with Crippen LogP contribution in [0, 0.1) is 12.7 Å². The summed E-state index contributed by atoms with van der Waals surface area (Å²) in [6, 6.07) is 6.67. The lowest BCUT2D eigenvalue weighted by molar-refractivity contribution is -0.170. The van der Waals surface area contributed by atoms with Gasteiger partial charge in [-0.15, -0.1) is 0 Å². The first kappa shape index (κ1) is 23.9. The second-order valence-electron chi connectivity index (χ2n) is 9.37. The van der Waals surface area contributed by atoms with Crippen LogP contribution >= 0.6 is 0 Å². The molecule has 2 aromatic carbocycles. The number of amides is 1. The summed E-state index contributed by atoms with van der Waals surface area (Å²) in [5.41, 5.74) is -1.09. The van der Waals surface area contributed by atoms with Crippen molar-refractivity contribution in [2.75, 3.05) is 17.3 Å². The zero-order chi connectivity index (χ0) is 25.2. The Morgan fingerprint density at radius 3 is 2.53 bits per heavy atom. The molecule has 2 heterocycles. The molecule has 180 valence electrons. The first-order valence-electron chi connectivity index (χ1n) is 11.0. The van der Waals surface area contributed by atoms with Crippen LogP contribution in [0.2, 0.25) is 0 Å². The number of aliphatic hydroxyl groups is 1. The molecule has 1 aromatic heterocycles. The first-order valence-corrected chi connectivity index (χ1v) is 11.0. The van der Waals surface area contributed by atoms with E-state index in [2.05, 4.69) is 15.3 Å². The number of hydrogen-bond donors (Lipinski definition) is 2. The van der Waals surface area contributed by atoms with Gasteiger partial charge in [-0.05, 0) is 58.4 Å². The number of halogens is 3. The normalized spacial score (nSPS) is 17.3. The maximum absolute atomic E-state index is 15.3. The van der Waals surface area contributed by atoms with Crippen LogP contribution in [0.5, 0.6) is 0 Å². The van der Waals surface area contributed by atoms with Crippen molar-refractivity contribution in [3.63, 3.8) is 0 Å². The van der Waals surface area contributed by atoms with Gasteiger partial charge in [-0.2, -0.15) is 8.78 Å². The molecule has 4 rings (SSSR count). The summed E-state index contributed by atoms with van der Waals surface area (Å²) in [5.74, 6) is -4.36. The molecule has 2 atom stereocenters. The standard InChI is InChI=1S/C25H27F3N4O2/c1-12-16-10-17-19(11-20(16)32(6)23(12)33)30-14(3)31-22(17)29-13(2)15-8-7-9-18(21(15)26)25(27,28)24(4,5)34/h7-13,34H,1-6H3,(H,29,30,31)/t12?,13-/m1/s1. The number of carbonyl (C=O) groups is 1. The predicted molar refractivity (Wildman–Crippen MR) is 125 cm³/mol. The number of nitrogens with zero attached hydrogens (tertiary/aromatic N) is 3. The summed E-state index contributed by atoms with van der Waals surface area (Å²) in [6.45, 7) is 7.06. The number of alkyl halides is 2. The van der Waals surface area contributed by atoms with Gasteiger partial charge in [0.25, 0.3) is 0 Å². The first-order chi connectivity index (χ1) is 15.7.